The van der Waals surface area contributed by atoms with Crippen LogP contribution in [0.15, 0.2) is 79.0 Å². The van der Waals surface area contributed by atoms with Crippen LogP contribution in [-0.2, 0) is 10.9 Å². The summed E-state index contributed by atoms with van der Waals surface area (Å²) in [5.74, 6) is -0.0317. The molecule has 2 atom stereocenters. The normalized spacial score (nSPS) is 20.6. The lowest BCUT2D eigenvalue weighted by Crippen LogP contribution is -2.52. The van der Waals surface area contributed by atoms with Crippen LogP contribution < -0.4 is 0 Å². The molecule has 1 aromatic heterocycles. The van der Waals surface area contributed by atoms with Gasteiger partial charge in [-0.05, 0) is 47.7 Å². The first-order valence-electron chi connectivity index (χ1n) is 12.9. The van der Waals surface area contributed by atoms with Gasteiger partial charge in [0.1, 0.15) is 0 Å². The minimum absolute atomic E-state index is 0.0385. The largest absolute Gasteiger partial charge is 0.416 e. The molecule has 2 aliphatic heterocycles. The highest BCUT2D eigenvalue weighted by molar-refractivity contribution is 5.75. The molecule has 0 aliphatic carbocycles. The number of halogens is 3. The Morgan fingerprint density at radius 3 is 2.29 bits per heavy atom. The zero-order chi connectivity index (χ0) is 26.5. The van der Waals surface area contributed by atoms with Gasteiger partial charge in [0.05, 0.1) is 24.5 Å². The molecule has 2 unspecified atom stereocenters. The van der Waals surface area contributed by atoms with E-state index >= 15 is 0 Å². The molecule has 5 nitrogen and oxygen atoms in total. The van der Waals surface area contributed by atoms with Crippen LogP contribution in [0.4, 0.5) is 18.0 Å². The molecule has 2 saturated heterocycles. The van der Waals surface area contributed by atoms with Crippen molar-refractivity contribution in [2.24, 2.45) is 5.92 Å². The SMILES string of the molecule is O=C(N1CCOCC1)N1CC(C=Cc2ccc(-c3ccccc3)cn2)CC(c2ccc(C(F)(F)F)cc2)C1. The average Bonchev–Trinajstić information content (AvgIpc) is 2.96. The van der Waals surface area contributed by atoms with Crippen LogP contribution in [0, 0.1) is 5.92 Å². The Hall–Kier alpha value is -3.65. The lowest BCUT2D eigenvalue weighted by Gasteiger charge is -2.40. The number of nitrogens with zero attached hydrogens (tertiary/aromatic N) is 3. The third-order valence-corrected chi connectivity index (χ3v) is 7.18. The van der Waals surface area contributed by atoms with Crippen molar-refractivity contribution in [3.05, 3.63) is 95.8 Å². The van der Waals surface area contributed by atoms with E-state index in [0.717, 1.165) is 40.9 Å². The van der Waals surface area contributed by atoms with Gasteiger partial charge in [-0.1, -0.05) is 54.6 Å². The molecule has 3 heterocycles. The minimum atomic E-state index is -4.38. The zero-order valence-electron chi connectivity index (χ0n) is 21.0. The van der Waals surface area contributed by atoms with Crippen molar-refractivity contribution in [2.75, 3.05) is 39.4 Å². The molecule has 0 bridgehead atoms. The van der Waals surface area contributed by atoms with Crippen molar-refractivity contribution in [3.63, 3.8) is 0 Å². The molecule has 0 radical (unpaired) electrons. The summed E-state index contributed by atoms with van der Waals surface area (Å²) in [5.41, 5.74) is 3.08. The van der Waals surface area contributed by atoms with E-state index in [1.165, 1.54) is 0 Å². The van der Waals surface area contributed by atoms with Crippen LogP contribution in [-0.4, -0.2) is 60.2 Å². The fourth-order valence-electron chi connectivity index (χ4n) is 5.11. The third kappa shape index (κ3) is 6.25. The van der Waals surface area contributed by atoms with Crippen LogP contribution in [0.1, 0.15) is 29.2 Å². The summed E-state index contributed by atoms with van der Waals surface area (Å²) in [6.07, 6.45) is 2.23. The van der Waals surface area contributed by atoms with Gasteiger partial charge in [-0.2, -0.15) is 13.2 Å². The maximum atomic E-state index is 13.3. The predicted molar refractivity (Wildman–Crippen MR) is 140 cm³/mol. The van der Waals surface area contributed by atoms with E-state index in [9.17, 15) is 18.0 Å². The summed E-state index contributed by atoms with van der Waals surface area (Å²) in [5, 5.41) is 0. The molecule has 0 saturated carbocycles. The second-order valence-corrected chi connectivity index (χ2v) is 9.80. The van der Waals surface area contributed by atoms with E-state index in [4.69, 9.17) is 4.74 Å². The molecule has 2 aromatic carbocycles. The number of pyridine rings is 1. The van der Waals surface area contributed by atoms with E-state index in [0.29, 0.717) is 39.4 Å². The lowest BCUT2D eigenvalue weighted by molar-refractivity contribution is -0.137. The van der Waals surface area contributed by atoms with E-state index in [1.807, 2.05) is 59.6 Å². The van der Waals surface area contributed by atoms with E-state index in [-0.39, 0.29) is 17.9 Å². The molecular formula is C30H30F3N3O2. The fourth-order valence-corrected chi connectivity index (χ4v) is 5.11. The Morgan fingerprint density at radius 1 is 0.895 bits per heavy atom. The highest BCUT2D eigenvalue weighted by Gasteiger charge is 2.34. The first kappa shape index (κ1) is 26.0. The van der Waals surface area contributed by atoms with E-state index in [1.54, 1.807) is 17.0 Å². The molecule has 5 rings (SSSR count). The van der Waals surface area contributed by atoms with Crippen LogP contribution in [0.5, 0.6) is 0 Å². The monoisotopic (exact) mass is 521 g/mol. The van der Waals surface area contributed by atoms with Crippen molar-refractivity contribution >= 4 is 12.1 Å². The first-order chi connectivity index (χ1) is 18.4. The molecule has 2 aliphatic rings. The summed E-state index contributed by atoms with van der Waals surface area (Å²) in [4.78, 5) is 21.5. The van der Waals surface area contributed by atoms with Crippen LogP contribution in [0.3, 0.4) is 0 Å². The van der Waals surface area contributed by atoms with Crippen molar-refractivity contribution in [3.8, 4) is 11.1 Å². The highest BCUT2D eigenvalue weighted by atomic mass is 19.4. The topological polar surface area (TPSA) is 45.7 Å². The summed E-state index contributed by atoms with van der Waals surface area (Å²) in [6.45, 7) is 3.12. The number of carbonyl (C=O) groups is 1. The van der Waals surface area contributed by atoms with Gasteiger partial charge in [0.15, 0.2) is 0 Å². The number of benzene rings is 2. The summed E-state index contributed by atoms with van der Waals surface area (Å²) < 4.78 is 44.7. The second kappa shape index (κ2) is 11.4. The molecule has 0 spiro atoms. The number of alkyl halides is 3. The Morgan fingerprint density at radius 2 is 1.63 bits per heavy atom. The Balaban J connectivity index is 1.34. The van der Waals surface area contributed by atoms with E-state index in [2.05, 4.69) is 11.1 Å². The van der Waals surface area contributed by atoms with Gasteiger partial charge in [-0.15, -0.1) is 0 Å². The Kier molecular flexibility index (Phi) is 7.79. The minimum Gasteiger partial charge on any atom is -0.378 e. The quantitative estimate of drug-likeness (QED) is 0.403. The van der Waals surface area contributed by atoms with Gasteiger partial charge in [0.2, 0.25) is 0 Å². The number of ether oxygens (including phenoxy) is 1. The number of rotatable bonds is 4. The molecular weight excluding hydrogens is 491 g/mol. The van der Waals surface area contributed by atoms with Gasteiger partial charge in [-0.3, -0.25) is 4.98 Å². The number of likely N-dealkylation sites (tertiary alicyclic amines) is 1. The van der Waals surface area contributed by atoms with Crippen LogP contribution in [0.25, 0.3) is 17.2 Å². The summed E-state index contributed by atoms with van der Waals surface area (Å²) >= 11 is 0. The zero-order valence-corrected chi connectivity index (χ0v) is 21.0. The standard InChI is InChI=1S/C30H30F3N3O2/c31-30(32,33)27-10-7-24(8-11-27)26-18-22(20-36(21-26)29(37)35-14-16-38-17-15-35)6-12-28-13-9-25(19-34-28)23-4-2-1-3-5-23/h1-13,19,22,26H,14-18,20-21H2. The molecule has 198 valence electrons. The highest BCUT2D eigenvalue weighted by Crippen LogP contribution is 2.35. The van der Waals surface area contributed by atoms with Gasteiger partial charge in [0.25, 0.3) is 0 Å². The van der Waals surface area contributed by atoms with Gasteiger partial charge < -0.3 is 14.5 Å². The van der Waals surface area contributed by atoms with Crippen molar-refractivity contribution < 1.29 is 22.7 Å². The number of amides is 2. The maximum absolute atomic E-state index is 13.3. The van der Waals surface area contributed by atoms with Gasteiger partial charge in [0, 0.05) is 43.9 Å². The molecule has 2 amide bonds. The Bertz CT molecular complexity index is 1240. The van der Waals surface area contributed by atoms with Crippen LogP contribution >= 0.6 is 0 Å². The number of hydrogen-bond donors (Lipinski definition) is 0. The number of morpholine rings is 1. The molecule has 3 aromatic rings. The average molecular weight is 522 g/mol. The molecule has 38 heavy (non-hydrogen) atoms. The number of carbonyl (C=O) groups excluding carboxylic acids is 1. The number of urea groups is 1. The third-order valence-electron chi connectivity index (χ3n) is 7.18. The Labute approximate surface area is 220 Å². The molecule has 8 heteroatoms. The molecule has 0 N–H and O–H groups in total. The second-order valence-electron chi connectivity index (χ2n) is 9.80. The van der Waals surface area contributed by atoms with Gasteiger partial charge >= 0.3 is 12.2 Å². The molecule has 2 fully saturated rings. The number of piperidine rings is 1. The van der Waals surface area contributed by atoms with Crippen LogP contribution in [0.2, 0.25) is 0 Å². The fraction of sp³-hybridized carbons (Fsp3) is 0.333. The summed E-state index contributed by atoms with van der Waals surface area (Å²) in [6, 6.07) is 19.3. The maximum Gasteiger partial charge on any atom is 0.416 e. The number of hydrogen-bond acceptors (Lipinski definition) is 3. The number of aromatic nitrogens is 1. The van der Waals surface area contributed by atoms with Crippen molar-refractivity contribution in [2.45, 2.75) is 18.5 Å². The summed E-state index contributed by atoms with van der Waals surface area (Å²) in [7, 11) is 0. The van der Waals surface area contributed by atoms with E-state index < -0.39 is 11.7 Å². The van der Waals surface area contributed by atoms with Crippen molar-refractivity contribution in [1.29, 1.82) is 0 Å². The first-order valence-corrected chi connectivity index (χ1v) is 12.9. The predicted octanol–water partition coefficient (Wildman–Crippen LogP) is 6.34. The lowest BCUT2D eigenvalue weighted by atomic mass is 9.84. The van der Waals surface area contributed by atoms with Gasteiger partial charge in [-0.25, -0.2) is 4.79 Å². The van der Waals surface area contributed by atoms with Crippen molar-refractivity contribution in [1.82, 2.24) is 14.8 Å². The smallest absolute Gasteiger partial charge is 0.378 e.